The maximum absolute atomic E-state index is 12.9. The number of nitrogens with zero attached hydrogens (tertiary/aromatic N) is 5. The molecule has 1 aliphatic heterocycles. The van der Waals surface area contributed by atoms with Crippen molar-refractivity contribution in [3.8, 4) is 28.3 Å². The second-order valence-corrected chi connectivity index (χ2v) is 9.92. The van der Waals surface area contributed by atoms with E-state index >= 15 is 0 Å². The Morgan fingerprint density at radius 3 is 2.42 bits per heavy atom. The lowest BCUT2D eigenvalue weighted by Gasteiger charge is -2.35. The third-order valence-electron chi connectivity index (χ3n) is 7.09. The second kappa shape index (κ2) is 11.3. The highest BCUT2D eigenvalue weighted by Crippen LogP contribution is 2.37. The number of hydrogen-bond donors (Lipinski definition) is 0. The molecule has 3 heterocycles. The van der Waals surface area contributed by atoms with Gasteiger partial charge in [-0.2, -0.15) is 0 Å². The summed E-state index contributed by atoms with van der Waals surface area (Å²) in [5.74, 6) is 2.20. The molecule has 0 bridgehead atoms. The maximum Gasteiger partial charge on any atom is 0.260 e. The van der Waals surface area contributed by atoms with E-state index in [0.29, 0.717) is 37.0 Å². The number of fused-ring (bicyclic) bond motifs is 1. The van der Waals surface area contributed by atoms with Crippen LogP contribution in [0, 0.1) is 0 Å². The zero-order valence-corrected chi connectivity index (χ0v) is 22.8. The van der Waals surface area contributed by atoms with Crippen molar-refractivity contribution in [2.75, 3.05) is 44.8 Å². The van der Waals surface area contributed by atoms with Crippen LogP contribution in [0.2, 0.25) is 5.02 Å². The van der Waals surface area contributed by atoms with Crippen molar-refractivity contribution in [3.05, 3.63) is 96.4 Å². The van der Waals surface area contributed by atoms with Crippen molar-refractivity contribution in [2.45, 2.75) is 0 Å². The molecule has 0 spiro atoms. The van der Waals surface area contributed by atoms with E-state index in [0.717, 1.165) is 39.4 Å². The third kappa shape index (κ3) is 5.18. The van der Waals surface area contributed by atoms with Gasteiger partial charge >= 0.3 is 0 Å². The number of piperazine rings is 1. The van der Waals surface area contributed by atoms with Crippen molar-refractivity contribution >= 4 is 34.4 Å². The van der Waals surface area contributed by atoms with Gasteiger partial charge in [0.15, 0.2) is 12.3 Å². The number of benzene rings is 3. The van der Waals surface area contributed by atoms with Crippen LogP contribution < -0.4 is 14.4 Å². The SMILES string of the molecule is COc1cccc(-n2cc(-c3ccccc3)c3c(N4CCN(C(=O)COc5ccc(Cl)cc5)CC4)ncnc32)c1. The number of carbonyl (C=O) groups excluding carboxylic acids is 1. The zero-order valence-electron chi connectivity index (χ0n) is 22.0. The van der Waals surface area contributed by atoms with Gasteiger partial charge in [0.2, 0.25) is 0 Å². The highest BCUT2D eigenvalue weighted by molar-refractivity contribution is 6.30. The number of methoxy groups -OCH3 is 1. The molecule has 0 unspecified atom stereocenters. The Hall–Kier alpha value is -4.56. The molecule has 1 amide bonds. The molecule has 9 heteroatoms. The van der Waals surface area contributed by atoms with E-state index in [9.17, 15) is 4.79 Å². The van der Waals surface area contributed by atoms with Crippen LogP contribution in [0.3, 0.4) is 0 Å². The molecule has 40 heavy (non-hydrogen) atoms. The molecule has 8 nitrogen and oxygen atoms in total. The van der Waals surface area contributed by atoms with Crippen molar-refractivity contribution in [1.29, 1.82) is 0 Å². The van der Waals surface area contributed by atoms with Crippen LogP contribution in [0.4, 0.5) is 5.82 Å². The Labute approximate surface area is 237 Å². The van der Waals surface area contributed by atoms with Gasteiger partial charge in [0.25, 0.3) is 5.91 Å². The number of hydrogen-bond acceptors (Lipinski definition) is 6. The molecular formula is C31H28ClN5O3. The van der Waals surface area contributed by atoms with E-state index in [2.05, 4.69) is 27.8 Å². The van der Waals surface area contributed by atoms with Gasteiger partial charge in [0.05, 0.1) is 18.2 Å². The summed E-state index contributed by atoms with van der Waals surface area (Å²) in [6.45, 7) is 2.44. The number of ether oxygens (including phenoxy) is 2. The third-order valence-corrected chi connectivity index (χ3v) is 7.34. The average molecular weight is 554 g/mol. The molecule has 6 rings (SSSR count). The summed E-state index contributed by atoms with van der Waals surface area (Å²) in [6, 6.07) is 25.2. The Morgan fingerprint density at radius 1 is 0.900 bits per heavy atom. The molecule has 1 fully saturated rings. The van der Waals surface area contributed by atoms with Crippen LogP contribution in [-0.4, -0.2) is 65.2 Å². The molecule has 0 N–H and O–H groups in total. The van der Waals surface area contributed by atoms with E-state index in [1.165, 1.54) is 0 Å². The van der Waals surface area contributed by atoms with E-state index in [4.69, 9.17) is 31.0 Å². The minimum atomic E-state index is -0.0448. The Morgan fingerprint density at radius 2 is 1.68 bits per heavy atom. The molecule has 0 radical (unpaired) electrons. The normalized spacial score (nSPS) is 13.4. The largest absolute Gasteiger partial charge is 0.497 e. The second-order valence-electron chi connectivity index (χ2n) is 9.49. The molecular weight excluding hydrogens is 526 g/mol. The summed E-state index contributed by atoms with van der Waals surface area (Å²) >= 11 is 5.94. The lowest BCUT2D eigenvalue weighted by Crippen LogP contribution is -2.50. The number of rotatable bonds is 7. The van der Waals surface area contributed by atoms with Crippen LogP contribution in [0.25, 0.3) is 27.8 Å². The van der Waals surface area contributed by atoms with Gasteiger partial charge in [-0.15, -0.1) is 0 Å². The van der Waals surface area contributed by atoms with Crippen molar-refractivity contribution < 1.29 is 14.3 Å². The number of aromatic nitrogens is 3. The Balaban J connectivity index is 1.27. The Kier molecular flexibility index (Phi) is 7.25. The lowest BCUT2D eigenvalue weighted by atomic mass is 10.1. The topological polar surface area (TPSA) is 72.7 Å². The van der Waals surface area contributed by atoms with E-state index in [1.807, 2.05) is 47.4 Å². The maximum atomic E-state index is 12.9. The summed E-state index contributed by atoms with van der Waals surface area (Å²) in [5, 5.41) is 1.60. The van der Waals surface area contributed by atoms with Crippen molar-refractivity contribution in [2.24, 2.45) is 0 Å². The van der Waals surface area contributed by atoms with Gasteiger partial charge in [-0.1, -0.05) is 48.0 Å². The van der Waals surface area contributed by atoms with Crippen LogP contribution in [0.5, 0.6) is 11.5 Å². The number of anilines is 1. The van der Waals surface area contributed by atoms with Gasteiger partial charge in [-0.25, -0.2) is 9.97 Å². The predicted molar refractivity (Wildman–Crippen MR) is 157 cm³/mol. The van der Waals surface area contributed by atoms with E-state index in [-0.39, 0.29) is 12.5 Å². The first-order valence-electron chi connectivity index (χ1n) is 13.1. The summed E-state index contributed by atoms with van der Waals surface area (Å²) < 4.78 is 13.2. The molecule has 0 saturated carbocycles. The number of amides is 1. The average Bonchev–Trinajstić information content (AvgIpc) is 3.41. The molecule has 0 atom stereocenters. The van der Waals surface area contributed by atoms with Crippen LogP contribution in [0.1, 0.15) is 0 Å². The Bertz CT molecular complexity index is 1630. The molecule has 202 valence electrons. The van der Waals surface area contributed by atoms with Crippen LogP contribution in [0.15, 0.2) is 91.4 Å². The number of carbonyl (C=O) groups is 1. The molecule has 1 saturated heterocycles. The lowest BCUT2D eigenvalue weighted by molar-refractivity contribution is -0.133. The van der Waals surface area contributed by atoms with Crippen LogP contribution >= 0.6 is 11.6 Å². The monoisotopic (exact) mass is 553 g/mol. The highest BCUT2D eigenvalue weighted by Gasteiger charge is 2.26. The molecule has 1 aliphatic rings. The zero-order chi connectivity index (χ0) is 27.5. The quantitative estimate of drug-likeness (QED) is 0.266. The van der Waals surface area contributed by atoms with Crippen molar-refractivity contribution in [1.82, 2.24) is 19.4 Å². The van der Waals surface area contributed by atoms with E-state index < -0.39 is 0 Å². The van der Waals surface area contributed by atoms with Crippen LogP contribution in [-0.2, 0) is 4.79 Å². The molecule has 2 aromatic heterocycles. The fourth-order valence-corrected chi connectivity index (χ4v) is 5.14. The smallest absolute Gasteiger partial charge is 0.260 e. The molecule has 0 aliphatic carbocycles. The summed E-state index contributed by atoms with van der Waals surface area (Å²) in [7, 11) is 1.66. The first kappa shape index (κ1) is 25.7. The molecule has 5 aromatic rings. The van der Waals surface area contributed by atoms with Gasteiger partial charge in [0.1, 0.15) is 23.6 Å². The first-order chi connectivity index (χ1) is 19.6. The first-order valence-corrected chi connectivity index (χ1v) is 13.5. The van der Waals surface area contributed by atoms with Crippen molar-refractivity contribution in [3.63, 3.8) is 0 Å². The summed E-state index contributed by atoms with van der Waals surface area (Å²) in [6.07, 6.45) is 3.72. The summed E-state index contributed by atoms with van der Waals surface area (Å²) in [4.78, 5) is 26.4. The van der Waals surface area contributed by atoms with Gasteiger partial charge in [0, 0.05) is 49.0 Å². The van der Waals surface area contributed by atoms with Gasteiger partial charge in [-0.3, -0.25) is 4.79 Å². The fourth-order valence-electron chi connectivity index (χ4n) is 5.01. The highest BCUT2D eigenvalue weighted by atomic mass is 35.5. The van der Waals surface area contributed by atoms with E-state index in [1.54, 1.807) is 37.7 Å². The van der Waals surface area contributed by atoms with Gasteiger partial charge in [-0.05, 0) is 42.0 Å². The standard InChI is InChI=1S/C31H28ClN5O3/c1-39-26-9-5-8-24(18-26)37-19-27(22-6-3-2-4-7-22)29-30(33-21-34-31(29)37)36-16-14-35(15-17-36)28(38)20-40-25-12-10-23(32)11-13-25/h2-13,18-19,21H,14-17,20H2,1H3. The summed E-state index contributed by atoms with van der Waals surface area (Å²) in [5.41, 5.74) is 3.89. The fraction of sp³-hybridized carbons (Fsp3) is 0.194. The minimum absolute atomic E-state index is 0.0130. The number of halogens is 1. The predicted octanol–water partition coefficient (Wildman–Crippen LogP) is 5.48. The minimum Gasteiger partial charge on any atom is -0.497 e. The molecule has 3 aromatic carbocycles. The van der Waals surface area contributed by atoms with Gasteiger partial charge < -0.3 is 23.8 Å².